The summed E-state index contributed by atoms with van der Waals surface area (Å²) in [6.07, 6.45) is 4.75. The summed E-state index contributed by atoms with van der Waals surface area (Å²) in [4.78, 5) is 16.6. The van der Waals surface area contributed by atoms with E-state index in [1.807, 2.05) is 37.3 Å². The van der Waals surface area contributed by atoms with Crippen LogP contribution in [0.2, 0.25) is 5.02 Å². The van der Waals surface area contributed by atoms with E-state index in [0.29, 0.717) is 16.7 Å². The normalized spacial score (nSPS) is 10.4. The van der Waals surface area contributed by atoms with Crippen molar-refractivity contribution in [3.63, 3.8) is 0 Å². The van der Waals surface area contributed by atoms with Crippen LogP contribution in [0.3, 0.4) is 0 Å². The maximum Gasteiger partial charge on any atom is 0.159 e. The van der Waals surface area contributed by atoms with E-state index in [9.17, 15) is 0 Å². The predicted molar refractivity (Wildman–Crippen MR) is 82.5 cm³/mol. The van der Waals surface area contributed by atoms with Crippen LogP contribution >= 0.6 is 11.6 Å². The summed E-state index contributed by atoms with van der Waals surface area (Å²) in [6, 6.07) is 9.63. The zero-order chi connectivity index (χ0) is 14.7. The van der Waals surface area contributed by atoms with Gasteiger partial charge in [0.1, 0.15) is 11.3 Å². The van der Waals surface area contributed by atoms with Gasteiger partial charge in [-0.2, -0.15) is 0 Å². The van der Waals surface area contributed by atoms with Crippen LogP contribution < -0.4 is 5.32 Å². The molecule has 0 atom stereocenters. The molecule has 0 fully saturated rings. The number of halogens is 1. The molecule has 0 aliphatic rings. The fourth-order valence-corrected chi connectivity index (χ4v) is 1.98. The lowest BCUT2D eigenvalue weighted by molar-refractivity contribution is 1.11. The topological polar surface area (TPSA) is 63.6 Å². The highest BCUT2D eigenvalue weighted by Crippen LogP contribution is 2.23. The van der Waals surface area contributed by atoms with E-state index in [2.05, 4.69) is 25.3 Å². The lowest BCUT2D eigenvalue weighted by Gasteiger charge is -2.07. The van der Waals surface area contributed by atoms with E-state index in [0.717, 1.165) is 16.9 Å². The third-order valence-corrected chi connectivity index (χ3v) is 3.14. The Morgan fingerprint density at radius 1 is 1.05 bits per heavy atom. The molecule has 0 saturated heterocycles. The van der Waals surface area contributed by atoms with E-state index in [-0.39, 0.29) is 0 Å². The largest absolute Gasteiger partial charge is 0.339 e. The second-order valence-electron chi connectivity index (χ2n) is 4.44. The van der Waals surface area contributed by atoms with Gasteiger partial charge in [-0.25, -0.2) is 19.9 Å². The van der Waals surface area contributed by atoms with Crippen LogP contribution in [0.25, 0.3) is 11.4 Å². The molecule has 0 spiro atoms. The van der Waals surface area contributed by atoms with Crippen molar-refractivity contribution >= 4 is 23.1 Å². The van der Waals surface area contributed by atoms with Crippen molar-refractivity contribution in [3.8, 4) is 11.4 Å². The van der Waals surface area contributed by atoms with Gasteiger partial charge in [-0.3, -0.25) is 0 Å². The zero-order valence-electron chi connectivity index (χ0n) is 11.3. The molecule has 21 heavy (non-hydrogen) atoms. The highest BCUT2D eigenvalue weighted by atomic mass is 35.5. The van der Waals surface area contributed by atoms with Crippen molar-refractivity contribution in [3.05, 3.63) is 59.8 Å². The molecule has 0 aliphatic heterocycles. The molecule has 2 aromatic heterocycles. The molecule has 1 N–H and O–H groups in total. The van der Waals surface area contributed by atoms with Crippen LogP contribution in [-0.2, 0) is 0 Å². The molecule has 104 valence electrons. The molecular weight excluding hydrogens is 286 g/mol. The summed E-state index contributed by atoms with van der Waals surface area (Å²) in [5, 5.41) is 3.61. The number of hydrogen-bond acceptors (Lipinski definition) is 5. The molecule has 3 rings (SSSR count). The van der Waals surface area contributed by atoms with Crippen molar-refractivity contribution in [1.82, 2.24) is 19.9 Å². The quantitative estimate of drug-likeness (QED) is 0.799. The molecule has 1 aromatic carbocycles. The minimum absolute atomic E-state index is 0.476. The average Bonchev–Trinajstić information content (AvgIpc) is 2.50. The van der Waals surface area contributed by atoms with Crippen molar-refractivity contribution in [2.24, 2.45) is 0 Å². The van der Waals surface area contributed by atoms with E-state index < -0.39 is 0 Å². The lowest BCUT2D eigenvalue weighted by atomic mass is 10.2. The van der Waals surface area contributed by atoms with Crippen LogP contribution in [0.4, 0.5) is 11.5 Å². The molecule has 3 aromatic rings. The average molecular weight is 298 g/mol. The van der Waals surface area contributed by atoms with E-state index in [4.69, 9.17) is 11.6 Å². The number of nitrogens with one attached hydrogen (secondary N) is 1. The Hall–Kier alpha value is -2.53. The molecule has 2 heterocycles. The van der Waals surface area contributed by atoms with Gasteiger partial charge in [0.15, 0.2) is 11.6 Å². The third kappa shape index (κ3) is 3.14. The third-order valence-electron chi connectivity index (χ3n) is 2.87. The fraction of sp³-hybridized carbons (Fsp3) is 0.0667. The molecule has 0 saturated carbocycles. The van der Waals surface area contributed by atoms with Crippen LogP contribution in [0, 0.1) is 6.92 Å². The van der Waals surface area contributed by atoms with Gasteiger partial charge in [-0.15, -0.1) is 0 Å². The fourth-order valence-electron chi connectivity index (χ4n) is 1.83. The predicted octanol–water partition coefficient (Wildman–Crippen LogP) is 3.64. The summed E-state index contributed by atoms with van der Waals surface area (Å²) >= 11 is 6.01. The number of hydrogen-bond donors (Lipinski definition) is 1. The Morgan fingerprint density at radius 3 is 2.57 bits per heavy atom. The van der Waals surface area contributed by atoms with Gasteiger partial charge in [0.25, 0.3) is 0 Å². The second-order valence-corrected chi connectivity index (χ2v) is 4.85. The SMILES string of the molecule is Cc1ccnc(-c2ccc(Nc3ncncc3Cl)cc2)n1. The minimum Gasteiger partial charge on any atom is -0.339 e. The summed E-state index contributed by atoms with van der Waals surface area (Å²) < 4.78 is 0. The van der Waals surface area contributed by atoms with Crippen LogP contribution in [0.5, 0.6) is 0 Å². The number of anilines is 2. The van der Waals surface area contributed by atoms with Gasteiger partial charge >= 0.3 is 0 Å². The first-order valence-electron chi connectivity index (χ1n) is 6.35. The zero-order valence-corrected chi connectivity index (χ0v) is 12.0. The smallest absolute Gasteiger partial charge is 0.159 e. The molecular formula is C15H12ClN5. The first kappa shape index (κ1) is 13.5. The molecule has 0 aliphatic carbocycles. The minimum atomic E-state index is 0.476. The summed E-state index contributed by atoms with van der Waals surface area (Å²) in [6.45, 7) is 1.94. The molecule has 0 unspecified atom stereocenters. The number of nitrogens with zero attached hydrogens (tertiary/aromatic N) is 4. The Bertz CT molecular complexity index is 758. The summed E-state index contributed by atoms with van der Waals surface area (Å²) in [5.41, 5.74) is 2.78. The molecule has 0 radical (unpaired) electrons. The Morgan fingerprint density at radius 2 is 1.86 bits per heavy atom. The first-order valence-corrected chi connectivity index (χ1v) is 6.73. The maximum absolute atomic E-state index is 6.01. The molecule has 6 heteroatoms. The molecule has 0 amide bonds. The van der Waals surface area contributed by atoms with Crippen LogP contribution in [0.1, 0.15) is 5.69 Å². The first-order chi connectivity index (χ1) is 10.2. The van der Waals surface area contributed by atoms with Crippen molar-refractivity contribution in [2.75, 3.05) is 5.32 Å². The second kappa shape index (κ2) is 5.85. The van der Waals surface area contributed by atoms with E-state index >= 15 is 0 Å². The van der Waals surface area contributed by atoms with Crippen molar-refractivity contribution < 1.29 is 0 Å². The Balaban J connectivity index is 1.83. The highest BCUT2D eigenvalue weighted by Gasteiger charge is 2.04. The van der Waals surface area contributed by atoms with Crippen molar-refractivity contribution in [1.29, 1.82) is 0 Å². The monoisotopic (exact) mass is 297 g/mol. The van der Waals surface area contributed by atoms with Gasteiger partial charge in [0, 0.05) is 23.1 Å². The Kier molecular flexibility index (Phi) is 3.75. The van der Waals surface area contributed by atoms with Gasteiger partial charge in [-0.1, -0.05) is 11.6 Å². The summed E-state index contributed by atoms with van der Waals surface area (Å²) in [7, 11) is 0. The van der Waals surface area contributed by atoms with Crippen LogP contribution in [-0.4, -0.2) is 19.9 Å². The standard InChI is InChI=1S/C15H12ClN5/c1-10-6-7-18-14(20-10)11-2-4-12(5-3-11)21-15-13(16)8-17-9-19-15/h2-9H,1H3,(H,17,19,21). The number of rotatable bonds is 3. The van der Waals surface area contributed by atoms with Crippen LogP contribution in [0.15, 0.2) is 49.1 Å². The summed E-state index contributed by atoms with van der Waals surface area (Å²) in [5.74, 6) is 1.29. The number of aryl methyl sites for hydroxylation is 1. The molecule has 5 nitrogen and oxygen atoms in total. The number of aromatic nitrogens is 4. The van der Waals surface area contributed by atoms with Gasteiger partial charge in [-0.05, 0) is 37.3 Å². The van der Waals surface area contributed by atoms with Crippen molar-refractivity contribution in [2.45, 2.75) is 6.92 Å². The van der Waals surface area contributed by atoms with Gasteiger partial charge in [0.05, 0.1) is 6.20 Å². The highest BCUT2D eigenvalue weighted by molar-refractivity contribution is 6.32. The van der Waals surface area contributed by atoms with E-state index in [1.54, 1.807) is 12.4 Å². The Labute approximate surface area is 127 Å². The van der Waals surface area contributed by atoms with Gasteiger partial charge in [0.2, 0.25) is 0 Å². The maximum atomic E-state index is 6.01. The molecule has 0 bridgehead atoms. The lowest BCUT2D eigenvalue weighted by Crippen LogP contribution is -1.95. The van der Waals surface area contributed by atoms with E-state index in [1.165, 1.54) is 6.33 Å². The number of benzene rings is 1. The van der Waals surface area contributed by atoms with Gasteiger partial charge < -0.3 is 5.32 Å².